The third-order valence-corrected chi connectivity index (χ3v) is 5.87. The normalized spacial score (nSPS) is 13.9. The zero-order valence-corrected chi connectivity index (χ0v) is 17.2. The molecule has 1 saturated heterocycles. The van der Waals surface area contributed by atoms with Crippen molar-refractivity contribution in [2.45, 2.75) is 0 Å². The first-order valence-electron chi connectivity index (χ1n) is 10.3. The fourth-order valence-corrected chi connectivity index (χ4v) is 4.19. The van der Waals surface area contributed by atoms with Crippen molar-refractivity contribution >= 4 is 33.6 Å². The second-order valence-corrected chi connectivity index (χ2v) is 7.79. The van der Waals surface area contributed by atoms with Gasteiger partial charge in [-0.15, -0.1) is 0 Å². The summed E-state index contributed by atoms with van der Waals surface area (Å²) in [6.07, 6.45) is 0. The van der Waals surface area contributed by atoms with Gasteiger partial charge in [0.25, 0.3) is 11.8 Å². The van der Waals surface area contributed by atoms with Crippen molar-refractivity contribution in [2.24, 2.45) is 5.73 Å². The number of H-pyrrole nitrogens is 1. The van der Waals surface area contributed by atoms with Gasteiger partial charge < -0.3 is 20.4 Å². The Morgan fingerprint density at radius 1 is 0.969 bits per heavy atom. The summed E-state index contributed by atoms with van der Waals surface area (Å²) >= 11 is 0. The number of benzene rings is 3. The van der Waals surface area contributed by atoms with E-state index < -0.39 is 5.91 Å². The van der Waals surface area contributed by atoms with Crippen molar-refractivity contribution in [2.75, 3.05) is 26.3 Å². The quantitative estimate of drug-likeness (QED) is 0.525. The molecule has 0 radical (unpaired) electrons. The van der Waals surface area contributed by atoms with E-state index in [4.69, 9.17) is 15.7 Å². The number of amides is 2. The standard InChI is InChI=1S/C25H20N4O3/c26-14-15-1-3-16(4-2-15)18-11-20-19-6-5-17(25(31)29-7-9-32-10-8-29)13-22(19)28-23(20)21(12-18)24(27)30/h1-6,11-13,28H,7-10H2,(H2,27,30). The van der Waals surface area contributed by atoms with Gasteiger partial charge >= 0.3 is 0 Å². The van der Waals surface area contributed by atoms with Gasteiger partial charge in [-0.05, 0) is 47.5 Å². The van der Waals surface area contributed by atoms with E-state index in [1.807, 2.05) is 36.4 Å². The van der Waals surface area contributed by atoms with Crippen LogP contribution in [0.1, 0.15) is 26.3 Å². The number of hydrogen-bond donors (Lipinski definition) is 2. The lowest BCUT2D eigenvalue weighted by Crippen LogP contribution is -2.40. The van der Waals surface area contributed by atoms with E-state index in [0.717, 1.165) is 27.4 Å². The average Bonchev–Trinajstić information content (AvgIpc) is 3.21. The number of nitrogens with zero attached hydrogens (tertiary/aromatic N) is 2. The number of primary amides is 1. The first kappa shape index (κ1) is 19.8. The smallest absolute Gasteiger partial charge is 0.254 e. The Hall–Kier alpha value is -4.15. The second kappa shape index (κ2) is 7.84. The number of carbonyl (C=O) groups excluding carboxylic acids is 2. The zero-order chi connectivity index (χ0) is 22.2. The fraction of sp³-hybridized carbons (Fsp3) is 0.160. The number of carbonyl (C=O) groups is 2. The minimum atomic E-state index is -0.540. The van der Waals surface area contributed by atoms with Crippen molar-refractivity contribution in [3.63, 3.8) is 0 Å². The van der Waals surface area contributed by atoms with Crippen molar-refractivity contribution in [3.05, 3.63) is 71.3 Å². The van der Waals surface area contributed by atoms with Gasteiger partial charge in [0, 0.05) is 34.9 Å². The number of nitrogens with two attached hydrogens (primary N) is 1. The molecule has 7 heteroatoms. The number of aromatic amines is 1. The number of ether oxygens (including phenoxy) is 1. The molecule has 0 bridgehead atoms. The Bertz CT molecular complexity index is 1410. The Kier molecular flexibility index (Phi) is 4.85. The third kappa shape index (κ3) is 3.37. The summed E-state index contributed by atoms with van der Waals surface area (Å²) in [7, 11) is 0. The van der Waals surface area contributed by atoms with E-state index in [9.17, 15) is 9.59 Å². The maximum Gasteiger partial charge on any atom is 0.254 e. The summed E-state index contributed by atoms with van der Waals surface area (Å²) in [5, 5.41) is 10.8. The minimum absolute atomic E-state index is 0.0396. The van der Waals surface area contributed by atoms with E-state index in [1.165, 1.54) is 0 Å². The van der Waals surface area contributed by atoms with Gasteiger partial charge in [0.15, 0.2) is 0 Å². The minimum Gasteiger partial charge on any atom is -0.378 e. The highest BCUT2D eigenvalue weighted by atomic mass is 16.5. The molecule has 2 heterocycles. The number of aromatic nitrogens is 1. The number of morpholine rings is 1. The Labute approximate surface area is 184 Å². The van der Waals surface area contributed by atoms with Crippen LogP contribution in [0.4, 0.5) is 0 Å². The Morgan fingerprint density at radius 3 is 2.41 bits per heavy atom. The lowest BCUT2D eigenvalue weighted by atomic mass is 9.98. The van der Waals surface area contributed by atoms with Gasteiger partial charge in [0.2, 0.25) is 0 Å². The van der Waals surface area contributed by atoms with Gasteiger partial charge in [-0.3, -0.25) is 9.59 Å². The summed E-state index contributed by atoms with van der Waals surface area (Å²) < 4.78 is 5.33. The van der Waals surface area contributed by atoms with Crippen molar-refractivity contribution in [3.8, 4) is 17.2 Å². The van der Waals surface area contributed by atoms with Crippen LogP contribution in [0.2, 0.25) is 0 Å². The largest absolute Gasteiger partial charge is 0.378 e. The van der Waals surface area contributed by atoms with Crippen LogP contribution in [0, 0.1) is 11.3 Å². The van der Waals surface area contributed by atoms with Crippen LogP contribution in [-0.2, 0) is 4.74 Å². The predicted octanol–water partition coefficient (Wildman–Crippen LogP) is 3.43. The Morgan fingerprint density at radius 2 is 1.72 bits per heavy atom. The molecule has 1 aromatic heterocycles. The number of fused-ring (bicyclic) bond motifs is 3. The molecular formula is C25H20N4O3. The lowest BCUT2D eigenvalue weighted by molar-refractivity contribution is 0.0303. The molecule has 3 aromatic carbocycles. The maximum atomic E-state index is 12.9. The monoisotopic (exact) mass is 424 g/mol. The molecule has 0 aliphatic carbocycles. The highest BCUT2D eigenvalue weighted by molar-refractivity contribution is 6.17. The van der Waals surface area contributed by atoms with E-state index in [-0.39, 0.29) is 5.91 Å². The van der Waals surface area contributed by atoms with Crippen LogP contribution in [0.5, 0.6) is 0 Å². The molecular weight excluding hydrogens is 404 g/mol. The molecule has 0 unspecified atom stereocenters. The molecule has 0 saturated carbocycles. The fourth-order valence-electron chi connectivity index (χ4n) is 4.19. The molecule has 2 amide bonds. The zero-order valence-electron chi connectivity index (χ0n) is 17.2. The van der Waals surface area contributed by atoms with Gasteiger partial charge in [0.1, 0.15) is 0 Å². The average molecular weight is 424 g/mol. The summed E-state index contributed by atoms with van der Waals surface area (Å²) in [6.45, 7) is 2.23. The SMILES string of the molecule is N#Cc1ccc(-c2cc(C(N)=O)c3[nH]c4cc(C(=O)N5CCOCC5)ccc4c3c2)cc1. The van der Waals surface area contributed by atoms with E-state index in [2.05, 4.69) is 11.1 Å². The summed E-state index contributed by atoms with van der Waals surface area (Å²) in [5.74, 6) is -0.580. The molecule has 1 aliphatic heterocycles. The van der Waals surface area contributed by atoms with E-state index in [0.29, 0.717) is 48.5 Å². The van der Waals surface area contributed by atoms with Crippen LogP contribution in [0.15, 0.2) is 54.6 Å². The first-order valence-corrected chi connectivity index (χ1v) is 10.3. The molecule has 158 valence electrons. The molecule has 1 fully saturated rings. The lowest BCUT2D eigenvalue weighted by Gasteiger charge is -2.26. The molecule has 0 spiro atoms. The summed E-state index contributed by atoms with van der Waals surface area (Å²) in [5.41, 5.74) is 10.3. The molecule has 1 aliphatic rings. The number of rotatable bonds is 3. The van der Waals surface area contributed by atoms with Gasteiger partial charge in [-0.25, -0.2) is 0 Å². The maximum absolute atomic E-state index is 12.9. The van der Waals surface area contributed by atoms with Crippen molar-refractivity contribution in [1.82, 2.24) is 9.88 Å². The summed E-state index contributed by atoms with van der Waals surface area (Å²) in [4.78, 5) is 30.2. The van der Waals surface area contributed by atoms with Crippen LogP contribution < -0.4 is 5.73 Å². The number of hydrogen-bond acceptors (Lipinski definition) is 4. The highest BCUT2D eigenvalue weighted by Crippen LogP contribution is 2.33. The molecule has 3 N–H and O–H groups in total. The van der Waals surface area contributed by atoms with Gasteiger partial charge in [-0.2, -0.15) is 5.26 Å². The van der Waals surface area contributed by atoms with Crippen molar-refractivity contribution in [1.29, 1.82) is 5.26 Å². The highest BCUT2D eigenvalue weighted by Gasteiger charge is 2.20. The van der Waals surface area contributed by atoms with Crippen LogP contribution in [-0.4, -0.2) is 48.0 Å². The first-order chi connectivity index (χ1) is 15.5. The van der Waals surface area contributed by atoms with E-state index in [1.54, 1.807) is 23.1 Å². The molecule has 32 heavy (non-hydrogen) atoms. The number of nitriles is 1. The Balaban J connectivity index is 1.64. The second-order valence-electron chi connectivity index (χ2n) is 7.79. The third-order valence-electron chi connectivity index (χ3n) is 5.87. The summed E-state index contributed by atoms with van der Waals surface area (Å²) in [6, 6.07) is 18.5. The van der Waals surface area contributed by atoms with E-state index >= 15 is 0 Å². The number of nitrogens with one attached hydrogen (secondary N) is 1. The van der Waals surface area contributed by atoms with Crippen LogP contribution >= 0.6 is 0 Å². The molecule has 5 rings (SSSR count). The van der Waals surface area contributed by atoms with Crippen molar-refractivity contribution < 1.29 is 14.3 Å². The molecule has 0 atom stereocenters. The van der Waals surface area contributed by atoms with Gasteiger partial charge in [-0.1, -0.05) is 18.2 Å². The van der Waals surface area contributed by atoms with Crippen LogP contribution in [0.25, 0.3) is 32.9 Å². The molecule has 4 aromatic rings. The molecule has 7 nitrogen and oxygen atoms in total. The predicted molar refractivity (Wildman–Crippen MR) is 121 cm³/mol. The topological polar surface area (TPSA) is 112 Å². The van der Waals surface area contributed by atoms with Gasteiger partial charge in [0.05, 0.1) is 35.9 Å². The van der Waals surface area contributed by atoms with Crippen LogP contribution in [0.3, 0.4) is 0 Å².